The van der Waals surface area contributed by atoms with Crippen molar-refractivity contribution in [2.75, 3.05) is 13.7 Å². The molecule has 2 atom stereocenters. The summed E-state index contributed by atoms with van der Waals surface area (Å²) in [7, 11) is 1.57. The third kappa shape index (κ3) is 4.09. The van der Waals surface area contributed by atoms with Gasteiger partial charge in [-0.3, -0.25) is 14.3 Å². The first-order valence-corrected chi connectivity index (χ1v) is 11.8. The molecule has 1 amide bonds. The van der Waals surface area contributed by atoms with E-state index in [0.717, 1.165) is 23.9 Å². The molecule has 7 heteroatoms. The molecule has 7 nitrogen and oxygen atoms in total. The van der Waals surface area contributed by atoms with Crippen molar-refractivity contribution < 1.29 is 14.6 Å². The second kappa shape index (κ2) is 8.24. The van der Waals surface area contributed by atoms with Crippen molar-refractivity contribution in [3.8, 4) is 11.6 Å². The minimum Gasteiger partial charge on any atom is -0.497 e. The van der Waals surface area contributed by atoms with Gasteiger partial charge in [0.15, 0.2) is 5.69 Å². The predicted molar refractivity (Wildman–Crippen MR) is 132 cm³/mol. The van der Waals surface area contributed by atoms with Crippen molar-refractivity contribution in [2.24, 2.45) is 21.1 Å². The van der Waals surface area contributed by atoms with Gasteiger partial charge in [0.2, 0.25) is 5.88 Å². The van der Waals surface area contributed by atoms with Crippen molar-refractivity contribution >= 4 is 22.5 Å². The van der Waals surface area contributed by atoms with Crippen LogP contribution in [0.2, 0.25) is 0 Å². The highest BCUT2D eigenvalue weighted by Crippen LogP contribution is 2.53. The van der Waals surface area contributed by atoms with E-state index in [1.54, 1.807) is 31.4 Å². The van der Waals surface area contributed by atoms with E-state index in [4.69, 9.17) is 4.74 Å². The van der Waals surface area contributed by atoms with E-state index in [1.807, 2.05) is 28.8 Å². The number of carbonyl (C=O) groups excluding carboxylic acids is 1. The number of carbonyl (C=O) groups is 1. The molecule has 2 bridgehead atoms. The van der Waals surface area contributed by atoms with Crippen LogP contribution in [0.1, 0.15) is 50.4 Å². The van der Waals surface area contributed by atoms with Crippen LogP contribution in [0, 0.1) is 10.8 Å². The zero-order chi connectivity index (χ0) is 24.1. The monoisotopic (exact) mass is 460 g/mol. The van der Waals surface area contributed by atoms with Gasteiger partial charge in [0.25, 0.3) is 5.91 Å². The van der Waals surface area contributed by atoms with Gasteiger partial charge in [-0.25, -0.2) is 0 Å². The molecule has 1 saturated carbocycles. The lowest BCUT2D eigenvalue weighted by Crippen LogP contribution is -2.35. The van der Waals surface area contributed by atoms with Crippen LogP contribution in [-0.2, 0) is 6.67 Å². The highest BCUT2D eigenvalue weighted by molar-refractivity contribution is 5.97. The van der Waals surface area contributed by atoms with Crippen LogP contribution >= 0.6 is 0 Å². The number of hydrogen-bond acceptors (Lipinski definition) is 5. The van der Waals surface area contributed by atoms with Gasteiger partial charge in [0, 0.05) is 23.5 Å². The van der Waals surface area contributed by atoms with Gasteiger partial charge in [-0.2, -0.15) is 0 Å². The summed E-state index contributed by atoms with van der Waals surface area (Å²) in [5.74, 6) is 0.235. The molecule has 1 aromatic heterocycles. The van der Waals surface area contributed by atoms with Gasteiger partial charge in [0.1, 0.15) is 5.75 Å². The molecule has 34 heavy (non-hydrogen) atoms. The quantitative estimate of drug-likeness (QED) is 0.464. The number of likely N-dealkylation sites (tertiary alicyclic amines) is 1. The van der Waals surface area contributed by atoms with Crippen LogP contribution < -0.4 is 4.74 Å². The Bertz CT molecular complexity index is 1260. The molecule has 2 fully saturated rings. The number of azo groups is 1. The van der Waals surface area contributed by atoms with Gasteiger partial charge in [0.05, 0.1) is 19.3 Å². The van der Waals surface area contributed by atoms with Crippen molar-refractivity contribution in [3.05, 3.63) is 54.1 Å². The Kier molecular flexibility index (Phi) is 5.47. The summed E-state index contributed by atoms with van der Waals surface area (Å²) in [6.45, 7) is 8.72. The molecule has 2 heterocycles. The average Bonchev–Trinajstić information content (AvgIpc) is 3.20. The van der Waals surface area contributed by atoms with E-state index in [1.165, 1.54) is 12.8 Å². The molecular formula is C27H32N4O3. The Morgan fingerprint density at radius 3 is 2.59 bits per heavy atom. The smallest absolute Gasteiger partial charge is 0.295 e. The Hall–Kier alpha value is -3.19. The van der Waals surface area contributed by atoms with E-state index in [0.29, 0.717) is 40.5 Å². The molecule has 1 aliphatic carbocycles. The number of aromatic nitrogens is 1. The van der Waals surface area contributed by atoms with E-state index in [9.17, 15) is 9.90 Å². The molecule has 3 aromatic rings. The third-order valence-electron chi connectivity index (χ3n) is 7.34. The summed E-state index contributed by atoms with van der Waals surface area (Å²) in [6, 6.07) is 15.0. The fourth-order valence-corrected chi connectivity index (χ4v) is 6.32. The molecule has 0 radical (unpaired) electrons. The standard InChI is InChI=1S/C27H32N4O3/c1-26(2)13-19-14-27(3,15-26)16-30(19)17-31-22-8-6-5-7-21(22)23(25(31)33)28-29-24(32)18-9-11-20(34-4)12-10-18/h5-12,19,33H,13-17H2,1-4H3/t19-,27+/m0/s1. The van der Waals surface area contributed by atoms with Gasteiger partial charge in [-0.15, -0.1) is 10.2 Å². The predicted octanol–water partition coefficient (Wildman–Crippen LogP) is 6.14. The molecule has 2 aromatic carbocycles. The van der Waals surface area contributed by atoms with E-state index < -0.39 is 5.91 Å². The highest BCUT2D eigenvalue weighted by Gasteiger charge is 2.49. The molecule has 1 aliphatic heterocycles. The zero-order valence-electron chi connectivity index (χ0n) is 20.3. The molecule has 0 spiro atoms. The number of ether oxygens (including phenoxy) is 1. The molecular weight excluding hydrogens is 428 g/mol. The van der Waals surface area contributed by atoms with Crippen LogP contribution in [0.4, 0.5) is 5.69 Å². The Morgan fingerprint density at radius 2 is 1.85 bits per heavy atom. The first-order valence-electron chi connectivity index (χ1n) is 11.8. The maximum absolute atomic E-state index is 12.6. The first kappa shape index (κ1) is 22.6. The number of methoxy groups -OCH3 is 1. The summed E-state index contributed by atoms with van der Waals surface area (Å²) in [4.78, 5) is 15.1. The van der Waals surface area contributed by atoms with Crippen molar-refractivity contribution in [1.29, 1.82) is 0 Å². The first-order chi connectivity index (χ1) is 16.2. The second-order valence-electron chi connectivity index (χ2n) is 11.0. The van der Waals surface area contributed by atoms with Crippen LogP contribution in [-0.4, -0.2) is 40.2 Å². The lowest BCUT2D eigenvalue weighted by molar-refractivity contribution is 0.0995. The highest BCUT2D eigenvalue weighted by atomic mass is 16.5. The van der Waals surface area contributed by atoms with Crippen LogP contribution in [0.3, 0.4) is 0 Å². The SMILES string of the molecule is COc1ccc(C(=O)N=Nc2c(O)n(CN3C[C@]4(C)C[C@@H]3CC(C)(C)C4)c3ccccc23)cc1. The van der Waals surface area contributed by atoms with Gasteiger partial charge in [-0.1, -0.05) is 39.0 Å². The van der Waals surface area contributed by atoms with Crippen molar-refractivity contribution in [2.45, 2.75) is 52.7 Å². The summed E-state index contributed by atoms with van der Waals surface area (Å²) >= 11 is 0. The average molecular weight is 461 g/mol. The molecule has 1 N–H and O–H groups in total. The minimum absolute atomic E-state index is 0.0401. The van der Waals surface area contributed by atoms with Crippen LogP contribution in [0.25, 0.3) is 10.9 Å². The zero-order valence-corrected chi connectivity index (χ0v) is 20.3. The fourth-order valence-electron chi connectivity index (χ4n) is 6.32. The largest absolute Gasteiger partial charge is 0.497 e. The van der Waals surface area contributed by atoms with E-state index in [-0.39, 0.29) is 5.88 Å². The summed E-state index contributed by atoms with van der Waals surface area (Å²) in [5, 5.41) is 20.1. The summed E-state index contributed by atoms with van der Waals surface area (Å²) < 4.78 is 7.04. The van der Waals surface area contributed by atoms with Gasteiger partial charge >= 0.3 is 0 Å². The second-order valence-corrected chi connectivity index (χ2v) is 11.0. The minimum atomic E-state index is -0.470. The van der Waals surface area contributed by atoms with E-state index in [2.05, 4.69) is 35.9 Å². The third-order valence-corrected chi connectivity index (χ3v) is 7.34. The van der Waals surface area contributed by atoms with Crippen LogP contribution in [0.15, 0.2) is 58.8 Å². The normalized spacial score (nSPS) is 24.2. The number of para-hydroxylation sites is 1. The molecule has 178 valence electrons. The van der Waals surface area contributed by atoms with Crippen molar-refractivity contribution in [3.63, 3.8) is 0 Å². The number of amides is 1. The number of fused-ring (bicyclic) bond motifs is 3. The number of rotatable bonds is 5. The number of benzene rings is 2. The maximum atomic E-state index is 12.6. The maximum Gasteiger partial charge on any atom is 0.295 e. The number of aromatic hydroxyl groups is 1. The Labute approximate surface area is 200 Å². The Morgan fingerprint density at radius 1 is 1.12 bits per heavy atom. The number of nitrogens with zero attached hydrogens (tertiary/aromatic N) is 4. The molecule has 1 saturated heterocycles. The molecule has 5 rings (SSSR count). The Balaban J connectivity index is 1.44. The summed E-state index contributed by atoms with van der Waals surface area (Å²) in [5.41, 5.74) is 2.25. The molecule has 2 aliphatic rings. The van der Waals surface area contributed by atoms with Gasteiger partial charge < -0.3 is 9.84 Å². The molecule has 0 unspecified atom stereocenters. The van der Waals surface area contributed by atoms with Crippen LogP contribution in [0.5, 0.6) is 11.6 Å². The topological polar surface area (TPSA) is 79.4 Å². The lowest BCUT2D eigenvalue weighted by atomic mass is 9.65. The number of hydrogen-bond donors (Lipinski definition) is 1. The van der Waals surface area contributed by atoms with Crippen molar-refractivity contribution in [1.82, 2.24) is 9.47 Å². The van der Waals surface area contributed by atoms with E-state index >= 15 is 0 Å². The van der Waals surface area contributed by atoms with Gasteiger partial charge in [-0.05, 0) is 60.4 Å². The lowest BCUT2D eigenvalue weighted by Gasteiger charge is -2.40. The fraction of sp³-hybridized carbons (Fsp3) is 0.444. The summed E-state index contributed by atoms with van der Waals surface area (Å²) in [6.07, 6.45) is 3.57.